The van der Waals surface area contributed by atoms with E-state index in [-0.39, 0.29) is 12.6 Å². The molecule has 0 spiro atoms. The Kier molecular flexibility index (Phi) is 4.32. The van der Waals surface area contributed by atoms with Gasteiger partial charge in [0.15, 0.2) is 0 Å². The molecule has 1 rings (SSSR count). The van der Waals surface area contributed by atoms with Crippen LogP contribution in [0.25, 0.3) is 0 Å². The van der Waals surface area contributed by atoms with Gasteiger partial charge in [-0.15, -0.1) is 0 Å². The van der Waals surface area contributed by atoms with Crippen molar-refractivity contribution >= 4 is 5.82 Å². The lowest BCUT2D eigenvalue weighted by Gasteiger charge is -2.27. The molecule has 16 heavy (non-hydrogen) atoms. The number of ether oxygens (including phenoxy) is 1. The Hall–Kier alpha value is -1.07. The van der Waals surface area contributed by atoms with Crippen molar-refractivity contribution < 1.29 is 9.84 Å². The fourth-order valence-corrected chi connectivity index (χ4v) is 1.88. The summed E-state index contributed by atoms with van der Waals surface area (Å²) in [4.78, 5) is 2.08. The Balaban J connectivity index is 3.02. The predicted octanol–water partition coefficient (Wildman–Crippen LogP) is 0.692. The molecular weight excluding hydrogens is 206 g/mol. The molecule has 1 N–H and O–H groups in total. The summed E-state index contributed by atoms with van der Waals surface area (Å²) in [7, 11) is 5.56. The molecule has 0 fully saturated rings. The summed E-state index contributed by atoms with van der Waals surface area (Å²) in [5.41, 5.74) is 1.75. The van der Waals surface area contributed by atoms with Crippen LogP contribution in [0.2, 0.25) is 0 Å². The van der Waals surface area contributed by atoms with Crippen molar-refractivity contribution in [1.29, 1.82) is 0 Å². The van der Waals surface area contributed by atoms with Gasteiger partial charge in [0.2, 0.25) is 0 Å². The number of anilines is 1. The number of aryl methyl sites for hydroxylation is 2. The van der Waals surface area contributed by atoms with Crippen LogP contribution in [0.5, 0.6) is 0 Å². The number of nitrogens with zero attached hydrogens (tertiary/aromatic N) is 3. The van der Waals surface area contributed by atoms with Crippen LogP contribution in [0.1, 0.15) is 18.2 Å². The van der Waals surface area contributed by atoms with Crippen LogP contribution in [0.3, 0.4) is 0 Å². The minimum absolute atomic E-state index is 0.0129. The zero-order valence-electron chi connectivity index (χ0n) is 10.7. The van der Waals surface area contributed by atoms with Crippen LogP contribution in [0.15, 0.2) is 0 Å². The van der Waals surface area contributed by atoms with Crippen LogP contribution in [-0.4, -0.2) is 41.7 Å². The first-order valence-corrected chi connectivity index (χ1v) is 5.38. The van der Waals surface area contributed by atoms with E-state index < -0.39 is 0 Å². The number of hydrogen-bond acceptors (Lipinski definition) is 4. The second-order valence-electron chi connectivity index (χ2n) is 4.08. The highest BCUT2D eigenvalue weighted by Gasteiger charge is 2.19. The van der Waals surface area contributed by atoms with Gasteiger partial charge in [-0.2, -0.15) is 5.10 Å². The molecule has 0 aliphatic heterocycles. The summed E-state index contributed by atoms with van der Waals surface area (Å²) >= 11 is 0. The first-order valence-electron chi connectivity index (χ1n) is 5.38. The molecule has 92 valence electrons. The Morgan fingerprint density at radius 2 is 2.19 bits per heavy atom. The van der Waals surface area contributed by atoms with Gasteiger partial charge in [-0.1, -0.05) is 0 Å². The maximum Gasteiger partial charge on any atom is 0.132 e. The molecule has 5 nitrogen and oxygen atoms in total. The van der Waals surface area contributed by atoms with Gasteiger partial charge in [0, 0.05) is 26.8 Å². The standard InChI is InChI=1S/C11H21N3O2/c1-8(7-16-5)13(3)11-10(6-15)9(2)12-14(11)4/h8,15H,6-7H2,1-5H3. The quantitative estimate of drug-likeness (QED) is 0.804. The van der Waals surface area contributed by atoms with Crippen LogP contribution < -0.4 is 4.90 Å². The third-order valence-corrected chi connectivity index (χ3v) is 2.87. The van der Waals surface area contributed by atoms with Crippen LogP contribution in [0.4, 0.5) is 5.82 Å². The van der Waals surface area contributed by atoms with E-state index >= 15 is 0 Å². The SMILES string of the molecule is COCC(C)N(C)c1c(CO)c(C)nn1C. The van der Waals surface area contributed by atoms with Gasteiger partial charge < -0.3 is 14.7 Å². The van der Waals surface area contributed by atoms with Gasteiger partial charge >= 0.3 is 0 Å². The van der Waals surface area contributed by atoms with Crippen molar-refractivity contribution in [3.05, 3.63) is 11.3 Å². The van der Waals surface area contributed by atoms with Gasteiger partial charge in [0.1, 0.15) is 5.82 Å². The number of hydrogen-bond donors (Lipinski definition) is 1. The van der Waals surface area contributed by atoms with E-state index in [1.54, 1.807) is 11.8 Å². The van der Waals surface area contributed by atoms with E-state index in [9.17, 15) is 5.11 Å². The summed E-state index contributed by atoms with van der Waals surface area (Å²) in [5.74, 6) is 0.949. The molecule has 0 saturated heterocycles. The van der Waals surface area contributed by atoms with Gasteiger partial charge in [-0.3, -0.25) is 4.68 Å². The van der Waals surface area contributed by atoms with Gasteiger partial charge in [0.25, 0.3) is 0 Å². The summed E-state index contributed by atoms with van der Waals surface area (Å²) in [6.07, 6.45) is 0. The summed E-state index contributed by atoms with van der Waals surface area (Å²) < 4.78 is 6.93. The van der Waals surface area contributed by atoms with Crippen molar-refractivity contribution in [3.63, 3.8) is 0 Å². The van der Waals surface area contributed by atoms with Gasteiger partial charge in [0.05, 0.1) is 24.9 Å². The van der Waals surface area contributed by atoms with Crippen molar-refractivity contribution in [2.45, 2.75) is 26.5 Å². The maximum atomic E-state index is 9.36. The van der Waals surface area contributed by atoms with E-state index in [0.717, 1.165) is 17.1 Å². The molecule has 0 bridgehead atoms. The monoisotopic (exact) mass is 227 g/mol. The normalized spacial score (nSPS) is 12.9. The Morgan fingerprint density at radius 1 is 1.56 bits per heavy atom. The second-order valence-corrected chi connectivity index (χ2v) is 4.08. The molecular formula is C11H21N3O2. The first-order chi connectivity index (χ1) is 7.52. The summed E-state index contributed by atoms with van der Waals surface area (Å²) in [5, 5.41) is 13.7. The van der Waals surface area contributed by atoms with Crippen LogP contribution in [0, 0.1) is 6.92 Å². The number of likely N-dealkylation sites (N-methyl/N-ethyl adjacent to an activating group) is 1. The van der Waals surface area contributed by atoms with Crippen molar-refractivity contribution in [3.8, 4) is 0 Å². The fraction of sp³-hybridized carbons (Fsp3) is 0.727. The largest absolute Gasteiger partial charge is 0.391 e. The third kappa shape index (κ3) is 2.36. The lowest BCUT2D eigenvalue weighted by atomic mass is 10.2. The number of aliphatic hydroxyl groups excluding tert-OH is 1. The number of methoxy groups -OCH3 is 1. The molecule has 0 aliphatic carbocycles. The smallest absolute Gasteiger partial charge is 0.132 e. The number of rotatable bonds is 5. The molecule has 1 aromatic rings. The van der Waals surface area contributed by atoms with E-state index in [1.807, 2.05) is 21.0 Å². The number of aliphatic hydroxyl groups is 1. The average molecular weight is 227 g/mol. The third-order valence-electron chi connectivity index (χ3n) is 2.87. The minimum Gasteiger partial charge on any atom is -0.391 e. The molecule has 5 heteroatoms. The van der Waals surface area contributed by atoms with Crippen molar-refractivity contribution in [1.82, 2.24) is 9.78 Å². The molecule has 0 amide bonds. The van der Waals surface area contributed by atoms with Crippen molar-refractivity contribution in [2.24, 2.45) is 7.05 Å². The van der Waals surface area contributed by atoms with E-state index in [1.165, 1.54) is 0 Å². The second kappa shape index (κ2) is 5.32. The lowest BCUT2D eigenvalue weighted by molar-refractivity contribution is 0.182. The Labute approximate surface area is 96.6 Å². The Morgan fingerprint density at radius 3 is 2.69 bits per heavy atom. The van der Waals surface area contributed by atoms with E-state index in [0.29, 0.717) is 6.61 Å². The average Bonchev–Trinajstić information content (AvgIpc) is 2.52. The fourth-order valence-electron chi connectivity index (χ4n) is 1.88. The summed E-state index contributed by atoms with van der Waals surface area (Å²) in [6, 6.07) is 0.241. The van der Waals surface area contributed by atoms with Gasteiger partial charge in [-0.25, -0.2) is 0 Å². The van der Waals surface area contributed by atoms with Crippen LogP contribution >= 0.6 is 0 Å². The Bertz CT molecular complexity index is 349. The highest BCUT2D eigenvalue weighted by Crippen LogP contribution is 2.23. The summed E-state index contributed by atoms with van der Waals surface area (Å²) in [6.45, 7) is 4.64. The number of aromatic nitrogens is 2. The van der Waals surface area contributed by atoms with Crippen molar-refractivity contribution in [2.75, 3.05) is 25.7 Å². The molecule has 1 heterocycles. The van der Waals surface area contributed by atoms with E-state index in [2.05, 4.69) is 16.9 Å². The molecule has 0 aliphatic rings. The zero-order chi connectivity index (χ0) is 12.3. The first kappa shape index (κ1) is 13.0. The molecule has 0 aromatic carbocycles. The molecule has 0 saturated carbocycles. The highest BCUT2D eigenvalue weighted by atomic mass is 16.5. The molecule has 1 atom stereocenters. The topological polar surface area (TPSA) is 50.5 Å². The molecule has 1 unspecified atom stereocenters. The zero-order valence-corrected chi connectivity index (χ0v) is 10.7. The molecule has 1 aromatic heterocycles. The lowest BCUT2D eigenvalue weighted by Crippen LogP contribution is -2.34. The predicted molar refractivity (Wildman–Crippen MR) is 63.6 cm³/mol. The maximum absolute atomic E-state index is 9.36. The molecule has 0 radical (unpaired) electrons. The van der Waals surface area contributed by atoms with E-state index in [4.69, 9.17) is 4.74 Å². The highest BCUT2D eigenvalue weighted by molar-refractivity contribution is 5.49. The minimum atomic E-state index is 0.0129. The van der Waals surface area contributed by atoms with Crippen LogP contribution in [-0.2, 0) is 18.4 Å². The van der Waals surface area contributed by atoms with Gasteiger partial charge in [-0.05, 0) is 13.8 Å².